The van der Waals surface area contributed by atoms with Crippen molar-refractivity contribution >= 4 is 11.4 Å². The Hall–Kier alpha value is -2.98. The van der Waals surface area contributed by atoms with Crippen molar-refractivity contribution in [3.63, 3.8) is 0 Å². The fourth-order valence-electron chi connectivity index (χ4n) is 2.27. The molecule has 0 aromatic heterocycles. The highest BCUT2D eigenvalue weighted by Gasteiger charge is 1.98. The summed E-state index contributed by atoms with van der Waals surface area (Å²) in [5, 5.41) is 17.1. The molecule has 24 heavy (non-hydrogen) atoms. The van der Waals surface area contributed by atoms with Crippen LogP contribution in [0.5, 0.6) is 5.75 Å². The van der Waals surface area contributed by atoms with E-state index in [9.17, 15) is 0 Å². The summed E-state index contributed by atoms with van der Waals surface area (Å²) < 4.78 is 4.97. The molecule has 4 heteroatoms. The summed E-state index contributed by atoms with van der Waals surface area (Å²) in [7, 11) is 0. The van der Waals surface area contributed by atoms with Crippen molar-refractivity contribution in [3.8, 4) is 16.9 Å². The smallest absolute Gasteiger partial charge is 0.186 e. The summed E-state index contributed by atoms with van der Waals surface area (Å²) in [5.74, 6) is 0.596. The largest absolute Gasteiger partial charge is 0.468 e. The molecule has 0 aliphatic rings. The molecule has 0 amide bonds. The van der Waals surface area contributed by atoms with Crippen LogP contribution in [0.25, 0.3) is 11.1 Å². The van der Waals surface area contributed by atoms with Gasteiger partial charge >= 0.3 is 0 Å². The van der Waals surface area contributed by atoms with Gasteiger partial charge in [-0.15, -0.1) is 0 Å². The SMILES string of the molecule is Cc1ccc(-c2ccc(N=Nc3ccc(OCO)cc3)cc2)cc1. The molecule has 0 atom stereocenters. The van der Waals surface area contributed by atoms with Crippen LogP contribution in [-0.2, 0) is 0 Å². The first-order valence-electron chi connectivity index (χ1n) is 7.67. The third-order valence-electron chi connectivity index (χ3n) is 3.60. The van der Waals surface area contributed by atoms with E-state index in [0.29, 0.717) is 5.75 Å². The number of aliphatic hydroxyl groups is 1. The molecule has 0 bridgehead atoms. The van der Waals surface area contributed by atoms with Crippen LogP contribution >= 0.6 is 0 Å². The van der Waals surface area contributed by atoms with E-state index in [1.807, 2.05) is 24.3 Å². The molecule has 0 spiro atoms. The van der Waals surface area contributed by atoms with E-state index < -0.39 is 0 Å². The van der Waals surface area contributed by atoms with Crippen LogP contribution in [0.15, 0.2) is 83.0 Å². The molecule has 0 aliphatic carbocycles. The summed E-state index contributed by atoms with van der Waals surface area (Å²) in [6.45, 7) is 1.74. The van der Waals surface area contributed by atoms with Gasteiger partial charge < -0.3 is 9.84 Å². The lowest BCUT2D eigenvalue weighted by molar-refractivity contribution is 0.0985. The molecule has 0 unspecified atom stereocenters. The maximum atomic E-state index is 8.70. The molecule has 0 saturated heterocycles. The first-order valence-corrected chi connectivity index (χ1v) is 7.67. The Morgan fingerprint density at radius 1 is 0.708 bits per heavy atom. The summed E-state index contributed by atoms with van der Waals surface area (Å²) in [6.07, 6.45) is 0. The Morgan fingerprint density at radius 3 is 1.67 bits per heavy atom. The molecule has 0 heterocycles. The Balaban J connectivity index is 1.70. The van der Waals surface area contributed by atoms with Crippen LogP contribution < -0.4 is 4.74 Å². The van der Waals surface area contributed by atoms with Crippen molar-refractivity contribution < 1.29 is 9.84 Å². The third kappa shape index (κ3) is 4.06. The number of rotatable bonds is 5. The van der Waals surface area contributed by atoms with Gasteiger partial charge in [0.1, 0.15) is 5.75 Å². The number of aliphatic hydroxyl groups excluding tert-OH is 1. The van der Waals surface area contributed by atoms with E-state index in [0.717, 1.165) is 16.9 Å². The highest BCUT2D eigenvalue weighted by molar-refractivity contribution is 5.65. The van der Waals surface area contributed by atoms with Gasteiger partial charge in [-0.3, -0.25) is 0 Å². The predicted molar refractivity (Wildman–Crippen MR) is 94.9 cm³/mol. The van der Waals surface area contributed by atoms with Crippen LogP contribution in [0.2, 0.25) is 0 Å². The van der Waals surface area contributed by atoms with Crippen LogP contribution in [-0.4, -0.2) is 11.9 Å². The fourth-order valence-corrected chi connectivity index (χ4v) is 2.27. The molecular weight excluding hydrogens is 300 g/mol. The second-order valence-corrected chi connectivity index (χ2v) is 5.38. The maximum Gasteiger partial charge on any atom is 0.186 e. The van der Waals surface area contributed by atoms with Gasteiger partial charge in [-0.1, -0.05) is 42.0 Å². The summed E-state index contributed by atoms with van der Waals surface area (Å²) in [5.41, 5.74) is 5.10. The first kappa shape index (κ1) is 15.9. The number of azo groups is 1. The van der Waals surface area contributed by atoms with Gasteiger partial charge in [-0.2, -0.15) is 10.2 Å². The average molecular weight is 318 g/mol. The van der Waals surface area contributed by atoms with Gasteiger partial charge in [0.25, 0.3) is 0 Å². The zero-order valence-electron chi connectivity index (χ0n) is 13.4. The normalized spacial score (nSPS) is 10.9. The molecule has 0 aliphatic heterocycles. The molecular formula is C20H18N2O2. The Kier molecular flexibility index (Phi) is 4.99. The first-order chi connectivity index (χ1) is 11.7. The average Bonchev–Trinajstić information content (AvgIpc) is 2.63. The van der Waals surface area contributed by atoms with E-state index in [2.05, 4.69) is 41.4 Å². The molecule has 3 rings (SSSR count). The van der Waals surface area contributed by atoms with Crippen LogP contribution in [0.1, 0.15) is 5.56 Å². The molecule has 3 aromatic rings. The van der Waals surface area contributed by atoms with Gasteiger partial charge in [-0.05, 0) is 54.4 Å². The monoisotopic (exact) mass is 318 g/mol. The molecule has 120 valence electrons. The van der Waals surface area contributed by atoms with Crippen molar-refractivity contribution in [1.82, 2.24) is 0 Å². The van der Waals surface area contributed by atoms with E-state index >= 15 is 0 Å². The molecule has 3 aromatic carbocycles. The maximum absolute atomic E-state index is 8.70. The number of ether oxygens (including phenoxy) is 1. The van der Waals surface area contributed by atoms with Crippen LogP contribution in [0.3, 0.4) is 0 Å². The zero-order chi connectivity index (χ0) is 16.8. The summed E-state index contributed by atoms with van der Waals surface area (Å²) in [6, 6.07) is 23.5. The minimum absolute atomic E-state index is 0.339. The number of aryl methyl sites for hydroxylation is 1. The van der Waals surface area contributed by atoms with Gasteiger partial charge in [0.2, 0.25) is 0 Å². The van der Waals surface area contributed by atoms with Crippen molar-refractivity contribution in [2.45, 2.75) is 6.92 Å². The molecule has 0 fully saturated rings. The lowest BCUT2D eigenvalue weighted by Crippen LogP contribution is -1.93. The Morgan fingerprint density at radius 2 is 1.17 bits per heavy atom. The highest BCUT2D eigenvalue weighted by atomic mass is 16.6. The number of hydrogen-bond donors (Lipinski definition) is 1. The van der Waals surface area contributed by atoms with E-state index in [1.54, 1.807) is 24.3 Å². The van der Waals surface area contributed by atoms with Crippen LogP contribution in [0.4, 0.5) is 11.4 Å². The van der Waals surface area contributed by atoms with Crippen molar-refractivity contribution in [1.29, 1.82) is 0 Å². The molecule has 0 saturated carbocycles. The fraction of sp³-hybridized carbons (Fsp3) is 0.100. The minimum Gasteiger partial charge on any atom is -0.468 e. The third-order valence-corrected chi connectivity index (χ3v) is 3.60. The number of hydrogen-bond acceptors (Lipinski definition) is 4. The summed E-state index contributed by atoms with van der Waals surface area (Å²) in [4.78, 5) is 0. The number of benzene rings is 3. The topological polar surface area (TPSA) is 54.2 Å². The van der Waals surface area contributed by atoms with Gasteiger partial charge in [0.05, 0.1) is 11.4 Å². The second kappa shape index (κ2) is 7.53. The number of nitrogens with zero attached hydrogens (tertiary/aromatic N) is 2. The van der Waals surface area contributed by atoms with E-state index in [4.69, 9.17) is 9.84 Å². The van der Waals surface area contributed by atoms with Gasteiger partial charge in [-0.25, -0.2) is 0 Å². The van der Waals surface area contributed by atoms with Crippen molar-refractivity contribution in [2.75, 3.05) is 6.79 Å². The zero-order valence-corrected chi connectivity index (χ0v) is 13.4. The Bertz CT molecular complexity index is 808. The van der Waals surface area contributed by atoms with Crippen LogP contribution in [0, 0.1) is 6.92 Å². The Labute approximate surface area is 141 Å². The minimum atomic E-state index is -0.339. The van der Waals surface area contributed by atoms with Gasteiger partial charge in [0.15, 0.2) is 6.79 Å². The predicted octanol–water partition coefficient (Wildman–Crippen LogP) is 5.41. The quantitative estimate of drug-likeness (QED) is 0.505. The van der Waals surface area contributed by atoms with Crippen molar-refractivity contribution in [3.05, 3.63) is 78.4 Å². The molecule has 4 nitrogen and oxygen atoms in total. The van der Waals surface area contributed by atoms with Gasteiger partial charge in [0, 0.05) is 0 Å². The lowest BCUT2D eigenvalue weighted by atomic mass is 10.0. The van der Waals surface area contributed by atoms with E-state index in [1.165, 1.54) is 11.1 Å². The molecule has 0 radical (unpaired) electrons. The lowest BCUT2D eigenvalue weighted by Gasteiger charge is -2.03. The van der Waals surface area contributed by atoms with E-state index in [-0.39, 0.29) is 6.79 Å². The van der Waals surface area contributed by atoms with Crippen molar-refractivity contribution in [2.24, 2.45) is 10.2 Å². The standard InChI is InChI=1S/C20H18N2O2/c1-15-2-4-16(5-3-15)17-6-8-18(9-7-17)21-22-19-10-12-20(13-11-19)24-14-23/h2-13,23H,14H2,1H3. The summed E-state index contributed by atoms with van der Waals surface area (Å²) >= 11 is 0. The molecule has 1 N–H and O–H groups in total. The highest BCUT2D eigenvalue weighted by Crippen LogP contribution is 2.25. The second-order valence-electron chi connectivity index (χ2n) is 5.38.